The molecule has 0 aromatic heterocycles. The molecule has 2 rings (SSSR count). The van der Waals surface area contributed by atoms with E-state index in [9.17, 15) is 0 Å². The van der Waals surface area contributed by atoms with Crippen molar-refractivity contribution in [1.29, 1.82) is 0 Å². The van der Waals surface area contributed by atoms with Crippen LogP contribution in [0.2, 0.25) is 0 Å². The summed E-state index contributed by atoms with van der Waals surface area (Å²) in [7, 11) is 0. The molecule has 0 amide bonds. The Morgan fingerprint density at radius 1 is 1.19 bits per heavy atom. The van der Waals surface area contributed by atoms with Gasteiger partial charge < -0.3 is 10.1 Å². The minimum atomic E-state index is 0.170. The molecule has 2 unspecified atom stereocenters. The van der Waals surface area contributed by atoms with Crippen molar-refractivity contribution in [2.45, 2.75) is 65.0 Å². The molecule has 118 valence electrons. The van der Waals surface area contributed by atoms with E-state index >= 15 is 0 Å². The van der Waals surface area contributed by atoms with E-state index in [-0.39, 0.29) is 11.6 Å². The highest BCUT2D eigenvalue weighted by Crippen LogP contribution is 2.34. The molecule has 1 fully saturated rings. The van der Waals surface area contributed by atoms with E-state index in [1.165, 1.54) is 24.0 Å². The second kappa shape index (κ2) is 6.93. The first-order valence-corrected chi connectivity index (χ1v) is 8.33. The van der Waals surface area contributed by atoms with Gasteiger partial charge in [0.1, 0.15) is 0 Å². The molecule has 2 atom stereocenters. The quantitative estimate of drug-likeness (QED) is 0.870. The number of nitrogens with one attached hydrogen (secondary N) is 1. The average molecular weight is 289 g/mol. The zero-order valence-corrected chi connectivity index (χ0v) is 14.3. The molecule has 1 saturated heterocycles. The molecule has 0 aliphatic carbocycles. The topological polar surface area (TPSA) is 21.3 Å². The summed E-state index contributed by atoms with van der Waals surface area (Å²) >= 11 is 0. The summed E-state index contributed by atoms with van der Waals surface area (Å²) in [5, 5.41) is 3.64. The number of hydrogen-bond donors (Lipinski definition) is 1. The first kappa shape index (κ1) is 16.5. The van der Waals surface area contributed by atoms with E-state index in [1.807, 2.05) is 0 Å². The molecule has 0 spiro atoms. The van der Waals surface area contributed by atoms with Gasteiger partial charge in [-0.1, -0.05) is 38.1 Å². The van der Waals surface area contributed by atoms with Gasteiger partial charge in [0, 0.05) is 24.6 Å². The summed E-state index contributed by atoms with van der Waals surface area (Å²) in [4.78, 5) is 0. The van der Waals surface area contributed by atoms with E-state index in [1.54, 1.807) is 0 Å². The lowest BCUT2D eigenvalue weighted by atomic mass is 9.88. The Morgan fingerprint density at radius 2 is 1.86 bits per heavy atom. The minimum absolute atomic E-state index is 0.170. The first-order chi connectivity index (χ1) is 9.87. The van der Waals surface area contributed by atoms with E-state index in [0.717, 1.165) is 13.2 Å². The van der Waals surface area contributed by atoms with Gasteiger partial charge in [0.25, 0.3) is 0 Å². The Balaban J connectivity index is 2.07. The standard InChI is InChI=1S/C19H31NO/c1-14(2)15-8-10-16(11-9-15)18-17(7-6-12-21-18)13-20-19(3,4)5/h8-11,14,17-18,20H,6-7,12-13H2,1-5H3. The molecular formula is C19H31NO. The van der Waals surface area contributed by atoms with Crippen molar-refractivity contribution in [2.75, 3.05) is 13.2 Å². The van der Waals surface area contributed by atoms with Crippen LogP contribution in [0.3, 0.4) is 0 Å². The molecule has 1 N–H and O–H groups in total. The zero-order valence-electron chi connectivity index (χ0n) is 14.3. The van der Waals surface area contributed by atoms with Gasteiger partial charge in [-0.25, -0.2) is 0 Å². The number of ether oxygens (including phenoxy) is 1. The van der Waals surface area contributed by atoms with E-state index in [2.05, 4.69) is 64.2 Å². The number of hydrogen-bond acceptors (Lipinski definition) is 2. The summed E-state index contributed by atoms with van der Waals surface area (Å²) in [5.74, 6) is 1.16. The molecule has 0 bridgehead atoms. The SMILES string of the molecule is CC(C)c1ccc(C2OCCCC2CNC(C)(C)C)cc1. The van der Waals surface area contributed by atoms with Crippen LogP contribution in [0.25, 0.3) is 0 Å². The maximum atomic E-state index is 6.10. The Kier molecular flexibility index (Phi) is 5.45. The van der Waals surface area contributed by atoms with Crippen molar-refractivity contribution >= 4 is 0 Å². The van der Waals surface area contributed by atoms with Crippen molar-refractivity contribution in [2.24, 2.45) is 5.92 Å². The summed E-state index contributed by atoms with van der Waals surface area (Å²) in [5.41, 5.74) is 2.91. The summed E-state index contributed by atoms with van der Waals surface area (Å²) in [6.07, 6.45) is 2.67. The molecule has 2 nitrogen and oxygen atoms in total. The van der Waals surface area contributed by atoms with Crippen molar-refractivity contribution in [3.05, 3.63) is 35.4 Å². The van der Waals surface area contributed by atoms with Crippen molar-refractivity contribution in [1.82, 2.24) is 5.32 Å². The Morgan fingerprint density at radius 3 is 2.43 bits per heavy atom. The van der Waals surface area contributed by atoms with Crippen LogP contribution in [0.4, 0.5) is 0 Å². The van der Waals surface area contributed by atoms with Gasteiger partial charge in [0.05, 0.1) is 6.10 Å². The number of benzene rings is 1. The van der Waals surface area contributed by atoms with Crippen LogP contribution in [0.15, 0.2) is 24.3 Å². The van der Waals surface area contributed by atoms with Crippen LogP contribution in [0.1, 0.15) is 70.6 Å². The highest BCUT2D eigenvalue weighted by Gasteiger charge is 2.28. The molecular weight excluding hydrogens is 258 g/mol. The Bertz CT molecular complexity index is 430. The average Bonchev–Trinajstić information content (AvgIpc) is 2.45. The van der Waals surface area contributed by atoms with Crippen LogP contribution < -0.4 is 5.32 Å². The molecule has 1 aliphatic heterocycles. The summed E-state index contributed by atoms with van der Waals surface area (Å²) < 4.78 is 6.10. The fourth-order valence-corrected chi connectivity index (χ4v) is 2.93. The van der Waals surface area contributed by atoms with Gasteiger partial charge in [-0.3, -0.25) is 0 Å². The molecule has 1 heterocycles. The lowest BCUT2D eigenvalue weighted by Gasteiger charge is -2.34. The lowest BCUT2D eigenvalue weighted by molar-refractivity contribution is -0.0292. The van der Waals surface area contributed by atoms with Gasteiger partial charge in [-0.2, -0.15) is 0 Å². The smallest absolute Gasteiger partial charge is 0.0865 e. The van der Waals surface area contributed by atoms with Crippen molar-refractivity contribution < 1.29 is 4.74 Å². The number of rotatable bonds is 4. The van der Waals surface area contributed by atoms with Crippen LogP contribution >= 0.6 is 0 Å². The van der Waals surface area contributed by atoms with Crippen molar-refractivity contribution in [3.8, 4) is 0 Å². The predicted octanol–water partition coefficient (Wildman–Crippen LogP) is 4.67. The maximum Gasteiger partial charge on any atom is 0.0865 e. The van der Waals surface area contributed by atoms with Gasteiger partial charge in [0.15, 0.2) is 0 Å². The highest BCUT2D eigenvalue weighted by atomic mass is 16.5. The fraction of sp³-hybridized carbons (Fsp3) is 0.684. The van der Waals surface area contributed by atoms with Gasteiger partial charge in [-0.15, -0.1) is 0 Å². The molecule has 2 heteroatoms. The second-order valence-electron chi connectivity index (χ2n) is 7.65. The second-order valence-corrected chi connectivity index (χ2v) is 7.65. The maximum absolute atomic E-state index is 6.10. The largest absolute Gasteiger partial charge is 0.373 e. The fourth-order valence-electron chi connectivity index (χ4n) is 2.93. The third-order valence-electron chi connectivity index (χ3n) is 4.27. The molecule has 1 aromatic rings. The molecule has 0 radical (unpaired) electrons. The monoisotopic (exact) mass is 289 g/mol. The third-order valence-corrected chi connectivity index (χ3v) is 4.27. The van der Waals surface area contributed by atoms with E-state index in [0.29, 0.717) is 11.8 Å². The third kappa shape index (κ3) is 4.82. The molecule has 1 aliphatic rings. The Labute approximate surface area is 130 Å². The van der Waals surface area contributed by atoms with Crippen LogP contribution in [-0.4, -0.2) is 18.7 Å². The first-order valence-electron chi connectivity index (χ1n) is 8.33. The van der Waals surface area contributed by atoms with E-state index in [4.69, 9.17) is 4.74 Å². The lowest BCUT2D eigenvalue weighted by Crippen LogP contribution is -2.41. The van der Waals surface area contributed by atoms with Crippen LogP contribution in [0, 0.1) is 5.92 Å². The summed E-state index contributed by atoms with van der Waals surface area (Å²) in [6.45, 7) is 13.1. The van der Waals surface area contributed by atoms with Gasteiger partial charge in [-0.05, 0) is 50.7 Å². The molecule has 1 aromatic carbocycles. The van der Waals surface area contributed by atoms with Crippen molar-refractivity contribution in [3.63, 3.8) is 0 Å². The van der Waals surface area contributed by atoms with Crippen LogP contribution in [0.5, 0.6) is 0 Å². The summed E-state index contributed by atoms with van der Waals surface area (Å²) in [6, 6.07) is 9.03. The normalized spacial score (nSPS) is 23.5. The van der Waals surface area contributed by atoms with Crippen LogP contribution in [-0.2, 0) is 4.74 Å². The van der Waals surface area contributed by atoms with E-state index < -0.39 is 0 Å². The molecule has 21 heavy (non-hydrogen) atoms. The predicted molar refractivity (Wildman–Crippen MR) is 89.7 cm³/mol. The molecule has 0 saturated carbocycles. The van der Waals surface area contributed by atoms with Gasteiger partial charge >= 0.3 is 0 Å². The minimum Gasteiger partial charge on any atom is -0.373 e. The zero-order chi connectivity index (χ0) is 15.5. The highest BCUT2D eigenvalue weighted by molar-refractivity contribution is 5.26. The Hall–Kier alpha value is -0.860. The van der Waals surface area contributed by atoms with Gasteiger partial charge in [0.2, 0.25) is 0 Å².